The minimum absolute atomic E-state index is 0.505. The van der Waals surface area contributed by atoms with E-state index in [0.717, 1.165) is 29.6 Å². The number of aliphatic carboxylic acids is 1. The average molecular weight is 342 g/mol. The Morgan fingerprint density at radius 1 is 1.55 bits per heavy atom. The summed E-state index contributed by atoms with van der Waals surface area (Å²) in [5, 5.41) is 9.50. The van der Waals surface area contributed by atoms with Crippen molar-refractivity contribution in [2.24, 2.45) is 0 Å². The number of hydrogen-bond acceptors (Lipinski definition) is 3. The zero-order valence-corrected chi connectivity index (χ0v) is 13.2. The average Bonchev–Trinajstić information content (AvgIpc) is 2.83. The van der Waals surface area contributed by atoms with E-state index in [4.69, 9.17) is 4.74 Å². The van der Waals surface area contributed by atoms with Gasteiger partial charge in [0, 0.05) is 11.0 Å². The number of rotatable bonds is 6. The first kappa shape index (κ1) is 15.3. The van der Waals surface area contributed by atoms with Gasteiger partial charge in [-0.3, -0.25) is 9.69 Å². The van der Waals surface area contributed by atoms with Crippen LogP contribution in [-0.2, 0) is 4.79 Å². The van der Waals surface area contributed by atoms with Gasteiger partial charge in [0.05, 0.1) is 0 Å². The van der Waals surface area contributed by atoms with Crippen LogP contribution in [0.25, 0.3) is 0 Å². The highest BCUT2D eigenvalue weighted by Crippen LogP contribution is 2.32. The van der Waals surface area contributed by atoms with Gasteiger partial charge in [0.2, 0.25) is 0 Å². The summed E-state index contributed by atoms with van der Waals surface area (Å²) in [6, 6.07) is 7.68. The van der Waals surface area contributed by atoms with E-state index < -0.39 is 11.5 Å². The molecule has 1 aromatic carbocycles. The number of carbonyl (C=O) groups is 1. The molecule has 1 saturated heterocycles. The van der Waals surface area contributed by atoms with E-state index in [1.165, 1.54) is 0 Å². The van der Waals surface area contributed by atoms with Gasteiger partial charge in [-0.2, -0.15) is 0 Å². The van der Waals surface area contributed by atoms with Crippen LogP contribution in [0.4, 0.5) is 0 Å². The third kappa shape index (κ3) is 3.15. The Labute approximate surface area is 127 Å². The second-order valence-electron chi connectivity index (χ2n) is 5.09. The highest BCUT2D eigenvalue weighted by atomic mass is 79.9. The number of benzene rings is 1. The number of likely N-dealkylation sites (tertiary alicyclic amines) is 1. The molecule has 0 radical (unpaired) electrons. The van der Waals surface area contributed by atoms with Crippen molar-refractivity contribution in [1.82, 2.24) is 4.90 Å². The molecular weight excluding hydrogens is 322 g/mol. The highest BCUT2D eigenvalue weighted by molar-refractivity contribution is 9.10. The van der Waals surface area contributed by atoms with Crippen LogP contribution >= 0.6 is 15.9 Å². The van der Waals surface area contributed by atoms with Gasteiger partial charge in [0.15, 0.2) is 0 Å². The van der Waals surface area contributed by atoms with Crippen molar-refractivity contribution in [2.45, 2.75) is 31.7 Å². The summed E-state index contributed by atoms with van der Waals surface area (Å²) < 4.78 is 6.68. The van der Waals surface area contributed by atoms with Gasteiger partial charge >= 0.3 is 5.97 Å². The smallest absolute Gasteiger partial charge is 0.324 e. The lowest BCUT2D eigenvalue weighted by Gasteiger charge is -2.33. The van der Waals surface area contributed by atoms with Crippen LogP contribution < -0.4 is 4.74 Å². The molecule has 0 saturated carbocycles. The van der Waals surface area contributed by atoms with Crippen molar-refractivity contribution in [2.75, 3.05) is 19.7 Å². The SMILES string of the molecule is CCC1(C(=O)O)CCCN1CCOc1cccc(Br)c1. The Morgan fingerprint density at radius 2 is 2.35 bits per heavy atom. The second-order valence-corrected chi connectivity index (χ2v) is 6.00. The zero-order chi connectivity index (χ0) is 14.6. The van der Waals surface area contributed by atoms with Gasteiger partial charge in [-0.05, 0) is 44.0 Å². The standard InChI is InChI=1S/C15H20BrNO3/c1-2-15(14(18)19)7-4-8-17(15)9-10-20-13-6-3-5-12(16)11-13/h3,5-6,11H,2,4,7-10H2,1H3,(H,18,19). The minimum atomic E-state index is -0.708. The lowest BCUT2D eigenvalue weighted by molar-refractivity contribution is -0.150. The van der Waals surface area contributed by atoms with Crippen LogP contribution in [0.5, 0.6) is 5.75 Å². The highest BCUT2D eigenvalue weighted by Gasteiger charge is 2.45. The van der Waals surface area contributed by atoms with Crippen molar-refractivity contribution in [3.05, 3.63) is 28.7 Å². The Morgan fingerprint density at radius 3 is 3.00 bits per heavy atom. The fraction of sp³-hybridized carbons (Fsp3) is 0.533. The Bertz CT molecular complexity index is 480. The van der Waals surface area contributed by atoms with Crippen molar-refractivity contribution in [3.8, 4) is 5.75 Å². The summed E-state index contributed by atoms with van der Waals surface area (Å²) in [6.45, 7) is 3.93. The quantitative estimate of drug-likeness (QED) is 0.863. The van der Waals surface area contributed by atoms with Gasteiger partial charge in [-0.25, -0.2) is 0 Å². The number of ether oxygens (including phenoxy) is 1. The largest absolute Gasteiger partial charge is 0.492 e. The maximum atomic E-state index is 11.6. The molecule has 0 aliphatic carbocycles. The van der Waals surface area contributed by atoms with E-state index in [0.29, 0.717) is 19.6 Å². The topological polar surface area (TPSA) is 49.8 Å². The van der Waals surface area contributed by atoms with Gasteiger partial charge < -0.3 is 9.84 Å². The monoisotopic (exact) mass is 341 g/mol. The summed E-state index contributed by atoms with van der Waals surface area (Å²) in [4.78, 5) is 13.6. The van der Waals surface area contributed by atoms with Crippen LogP contribution in [0, 0.1) is 0 Å². The molecule has 4 nitrogen and oxygen atoms in total. The molecule has 1 aromatic rings. The summed E-state index contributed by atoms with van der Waals surface area (Å²) in [5.41, 5.74) is -0.694. The number of carboxylic acids is 1. The lowest BCUT2D eigenvalue weighted by Crippen LogP contribution is -2.51. The van der Waals surface area contributed by atoms with Crippen LogP contribution in [-0.4, -0.2) is 41.2 Å². The van der Waals surface area contributed by atoms with E-state index in [1.807, 2.05) is 36.1 Å². The van der Waals surface area contributed by atoms with E-state index in [9.17, 15) is 9.90 Å². The number of hydrogen-bond donors (Lipinski definition) is 1. The number of halogens is 1. The van der Waals surface area contributed by atoms with Gasteiger partial charge in [-0.1, -0.05) is 28.9 Å². The summed E-state index contributed by atoms with van der Waals surface area (Å²) in [7, 11) is 0. The predicted molar refractivity (Wildman–Crippen MR) is 81.1 cm³/mol. The third-order valence-corrected chi connectivity index (χ3v) is 4.53. The van der Waals surface area contributed by atoms with E-state index in [2.05, 4.69) is 15.9 Å². The number of carboxylic acid groups (broad SMARTS) is 1. The molecule has 1 aliphatic heterocycles. The molecule has 1 heterocycles. The Hall–Kier alpha value is -1.07. The van der Waals surface area contributed by atoms with Crippen molar-refractivity contribution >= 4 is 21.9 Å². The molecule has 1 fully saturated rings. The van der Waals surface area contributed by atoms with Crippen molar-refractivity contribution < 1.29 is 14.6 Å². The summed E-state index contributed by atoms with van der Waals surface area (Å²) in [5.74, 6) is 0.0935. The first-order valence-electron chi connectivity index (χ1n) is 6.95. The van der Waals surface area contributed by atoms with E-state index >= 15 is 0 Å². The minimum Gasteiger partial charge on any atom is -0.492 e. The molecular formula is C15H20BrNO3. The second kappa shape index (κ2) is 6.59. The fourth-order valence-electron chi connectivity index (χ4n) is 2.88. The van der Waals surface area contributed by atoms with Crippen LogP contribution in [0.2, 0.25) is 0 Å². The van der Waals surface area contributed by atoms with E-state index in [1.54, 1.807) is 0 Å². The molecule has 1 unspecified atom stereocenters. The molecule has 1 N–H and O–H groups in total. The van der Waals surface area contributed by atoms with Crippen LogP contribution in [0.15, 0.2) is 28.7 Å². The van der Waals surface area contributed by atoms with Gasteiger partial charge in [0.25, 0.3) is 0 Å². The fourth-order valence-corrected chi connectivity index (χ4v) is 3.26. The molecule has 1 aliphatic rings. The molecule has 0 bridgehead atoms. The predicted octanol–water partition coefficient (Wildman–Crippen LogP) is 3.16. The summed E-state index contributed by atoms with van der Waals surface area (Å²) in [6.07, 6.45) is 2.31. The van der Waals surface area contributed by atoms with Crippen molar-refractivity contribution in [3.63, 3.8) is 0 Å². The Kier molecular flexibility index (Phi) is 5.05. The van der Waals surface area contributed by atoms with Crippen LogP contribution in [0.3, 0.4) is 0 Å². The number of nitrogens with zero attached hydrogens (tertiary/aromatic N) is 1. The molecule has 0 spiro atoms. The maximum Gasteiger partial charge on any atom is 0.324 e. The normalized spacial score (nSPS) is 22.9. The maximum absolute atomic E-state index is 11.6. The molecule has 0 amide bonds. The molecule has 20 heavy (non-hydrogen) atoms. The molecule has 5 heteroatoms. The zero-order valence-electron chi connectivity index (χ0n) is 11.6. The first-order valence-corrected chi connectivity index (χ1v) is 7.74. The molecule has 0 aromatic heterocycles. The van der Waals surface area contributed by atoms with Gasteiger partial charge in [0.1, 0.15) is 17.9 Å². The van der Waals surface area contributed by atoms with Gasteiger partial charge in [-0.15, -0.1) is 0 Å². The van der Waals surface area contributed by atoms with Crippen LogP contribution in [0.1, 0.15) is 26.2 Å². The molecule has 110 valence electrons. The van der Waals surface area contributed by atoms with E-state index in [-0.39, 0.29) is 0 Å². The first-order chi connectivity index (χ1) is 9.58. The Balaban J connectivity index is 1.92. The summed E-state index contributed by atoms with van der Waals surface area (Å²) >= 11 is 3.40. The molecule has 1 atom stereocenters. The molecule has 2 rings (SSSR count). The lowest BCUT2D eigenvalue weighted by atomic mass is 9.93. The third-order valence-electron chi connectivity index (χ3n) is 4.03. The van der Waals surface area contributed by atoms with Crippen molar-refractivity contribution in [1.29, 1.82) is 0 Å².